The number of esters is 2. The summed E-state index contributed by atoms with van der Waals surface area (Å²) in [5, 5.41) is -0.447. The molecule has 2 aliphatic carbocycles. The summed E-state index contributed by atoms with van der Waals surface area (Å²) in [6.07, 6.45) is 0.253. The van der Waals surface area contributed by atoms with Crippen LogP contribution in [0.3, 0.4) is 0 Å². The van der Waals surface area contributed by atoms with Crippen molar-refractivity contribution in [1.29, 1.82) is 0 Å². The summed E-state index contributed by atoms with van der Waals surface area (Å²) in [5.74, 6) is -1.20. The van der Waals surface area contributed by atoms with Crippen LogP contribution in [0.4, 0.5) is 0 Å². The normalized spacial score (nSPS) is 37.0. The molecule has 3 aliphatic rings. The van der Waals surface area contributed by atoms with E-state index in [9.17, 15) is 18.0 Å². The average molecular weight is 374 g/mol. The van der Waals surface area contributed by atoms with Crippen LogP contribution in [-0.4, -0.2) is 57.6 Å². The van der Waals surface area contributed by atoms with E-state index in [0.29, 0.717) is 6.42 Å². The molecule has 0 aromatic heterocycles. The Kier molecular flexibility index (Phi) is 4.67. The molecule has 5 atom stereocenters. The van der Waals surface area contributed by atoms with Crippen LogP contribution in [0.25, 0.3) is 0 Å². The van der Waals surface area contributed by atoms with Crippen molar-refractivity contribution in [1.82, 2.24) is 0 Å². The smallest absolute Gasteiger partial charge is 0.333 e. The van der Waals surface area contributed by atoms with Crippen LogP contribution in [0.5, 0.6) is 0 Å². The van der Waals surface area contributed by atoms with Crippen molar-refractivity contribution in [3.63, 3.8) is 0 Å². The highest BCUT2D eigenvalue weighted by Gasteiger charge is 2.69. The van der Waals surface area contributed by atoms with E-state index in [-0.39, 0.29) is 36.7 Å². The highest BCUT2D eigenvalue weighted by molar-refractivity contribution is 7.87. The number of hydrogen-bond donors (Lipinski definition) is 0. The van der Waals surface area contributed by atoms with Gasteiger partial charge in [0, 0.05) is 11.5 Å². The largest absolute Gasteiger partial charge is 0.460 e. The third kappa shape index (κ3) is 3.32. The molecular formula is C16H22O8S. The molecule has 1 heterocycles. The molecular weight excluding hydrogens is 352 g/mol. The Bertz CT molecular complexity index is 699. The molecule has 1 aliphatic heterocycles. The fraction of sp³-hybridized carbons (Fsp3) is 0.750. The van der Waals surface area contributed by atoms with Gasteiger partial charge in [0.05, 0.1) is 11.4 Å². The molecule has 140 valence electrons. The number of ether oxygens (including phenoxy) is 3. The summed E-state index contributed by atoms with van der Waals surface area (Å²) in [4.78, 5) is 22.9. The molecule has 0 spiro atoms. The van der Waals surface area contributed by atoms with Gasteiger partial charge in [-0.1, -0.05) is 13.5 Å². The lowest BCUT2D eigenvalue weighted by atomic mass is 9.82. The fourth-order valence-electron chi connectivity index (χ4n) is 4.12. The third-order valence-corrected chi connectivity index (χ3v) is 6.93. The molecule has 25 heavy (non-hydrogen) atoms. The van der Waals surface area contributed by atoms with Gasteiger partial charge in [0.15, 0.2) is 0 Å². The summed E-state index contributed by atoms with van der Waals surface area (Å²) in [5.41, 5.74) is -0.0371. The van der Waals surface area contributed by atoms with Gasteiger partial charge in [0.25, 0.3) is 10.1 Å². The van der Waals surface area contributed by atoms with Gasteiger partial charge in [-0.2, -0.15) is 8.42 Å². The standard InChI is InChI=1S/C16H22O8S/c1-9(2)15(18)22-5-4-21-12(17)8-23-14-13-10-6-16(14,3)7-11(10)25(19,20)24-13/h10-11,13-14H,1,4-8H2,2-3H3. The van der Waals surface area contributed by atoms with Crippen LogP contribution in [0.2, 0.25) is 0 Å². The van der Waals surface area contributed by atoms with Crippen molar-refractivity contribution < 1.29 is 36.4 Å². The van der Waals surface area contributed by atoms with Gasteiger partial charge in [-0.25, -0.2) is 9.59 Å². The monoisotopic (exact) mass is 374 g/mol. The maximum atomic E-state index is 12.0. The first-order valence-electron chi connectivity index (χ1n) is 8.16. The minimum Gasteiger partial charge on any atom is -0.460 e. The summed E-state index contributed by atoms with van der Waals surface area (Å²) in [6.45, 7) is 6.49. The van der Waals surface area contributed by atoms with Crippen molar-refractivity contribution in [3.8, 4) is 0 Å². The topological polar surface area (TPSA) is 105 Å². The van der Waals surface area contributed by atoms with Crippen LogP contribution >= 0.6 is 0 Å². The zero-order chi connectivity index (χ0) is 18.4. The first-order valence-corrected chi connectivity index (χ1v) is 9.63. The van der Waals surface area contributed by atoms with Crippen LogP contribution in [0, 0.1) is 11.3 Å². The van der Waals surface area contributed by atoms with Gasteiger partial charge in [0.2, 0.25) is 0 Å². The molecule has 0 N–H and O–H groups in total. The van der Waals surface area contributed by atoms with Crippen LogP contribution in [-0.2, 0) is 38.1 Å². The lowest BCUT2D eigenvalue weighted by Crippen LogP contribution is -2.42. The molecule has 3 rings (SSSR count). The predicted molar refractivity (Wildman–Crippen MR) is 84.9 cm³/mol. The van der Waals surface area contributed by atoms with Crippen molar-refractivity contribution in [2.24, 2.45) is 11.3 Å². The minimum absolute atomic E-state index is 0.0578. The van der Waals surface area contributed by atoms with E-state index in [1.54, 1.807) is 0 Å². The van der Waals surface area contributed by atoms with Gasteiger partial charge in [-0.3, -0.25) is 4.18 Å². The molecule has 0 radical (unpaired) electrons. The molecule has 2 bridgehead atoms. The van der Waals surface area contributed by atoms with Crippen LogP contribution in [0.15, 0.2) is 12.2 Å². The number of rotatable bonds is 7. The van der Waals surface area contributed by atoms with Gasteiger partial charge < -0.3 is 14.2 Å². The number of fused-ring (bicyclic) bond motifs is 1. The van der Waals surface area contributed by atoms with Gasteiger partial charge >= 0.3 is 11.9 Å². The van der Waals surface area contributed by atoms with E-state index < -0.39 is 39.5 Å². The van der Waals surface area contributed by atoms with E-state index >= 15 is 0 Å². The summed E-state index contributed by atoms with van der Waals surface area (Å²) in [7, 11) is -3.53. The van der Waals surface area contributed by atoms with Gasteiger partial charge in [-0.15, -0.1) is 0 Å². The molecule has 9 heteroatoms. The second-order valence-electron chi connectivity index (χ2n) is 7.19. The van der Waals surface area contributed by atoms with Crippen molar-refractivity contribution in [3.05, 3.63) is 12.2 Å². The van der Waals surface area contributed by atoms with Crippen LogP contribution < -0.4 is 0 Å². The lowest BCUT2D eigenvalue weighted by Gasteiger charge is -2.32. The molecule has 5 unspecified atom stereocenters. The Morgan fingerprint density at radius 2 is 1.92 bits per heavy atom. The van der Waals surface area contributed by atoms with Crippen molar-refractivity contribution >= 4 is 22.1 Å². The predicted octanol–water partition coefficient (Wildman–Crippen LogP) is 0.561. The summed E-state index contributed by atoms with van der Waals surface area (Å²) in [6, 6.07) is 0. The Morgan fingerprint density at radius 3 is 2.60 bits per heavy atom. The molecule has 8 nitrogen and oxygen atoms in total. The highest BCUT2D eigenvalue weighted by Crippen LogP contribution is 2.61. The molecule has 0 aromatic rings. The quantitative estimate of drug-likeness (QED) is 0.275. The number of carbonyl (C=O) groups is 2. The molecule has 0 amide bonds. The van der Waals surface area contributed by atoms with E-state index in [1.807, 2.05) is 6.92 Å². The van der Waals surface area contributed by atoms with E-state index in [4.69, 9.17) is 18.4 Å². The second kappa shape index (κ2) is 6.37. The first kappa shape index (κ1) is 18.3. The zero-order valence-electron chi connectivity index (χ0n) is 14.2. The third-order valence-electron chi connectivity index (χ3n) is 5.18. The summed E-state index contributed by atoms with van der Waals surface area (Å²) >= 11 is 0. The van der Waals surface area contributed by atoms with Crippen molar-refractivity contribution in [2.45, 2.75) is 44.1 Å². The Labute approximate surface area is 146 Å². The lowest BCUT2D eigenvalue weighted by molar-refractivity contribution is -0.159. The molecule has 1 saturated heterocycles. The van der Waals surface area contributed by atoms with E-state index in [0.717, 1.165) is 6.42 Å². The minimum atomic E-state index is -3.53. The van der Waals surface area contributed by atoms with E-state index in [2.05, 4.69) is 6.58 Å². The zero-order valence-corrected chi connectivity index (χ0v) is 15.0. The Morgan fingerprint density at radius 1 is 1.24 bits per heavy atom. The van der Waals surface area contributed by atoms with Gasteiger partial charge in [0.1, 0.15) is 25.9 Å². The maximum Gasteiger partial charge on any atom is 0.333 e. The fourth-order valence-corrected chi connectivity index (χ4v) is 6.08. The molecule has 3 fully saturated rings. The maximum absolute atomic E-state index is 12.0. The van der Waals surface area contributed by atoms with Crippen LogP contribution in [0.1, 0.15) is 26.7 Å². The average Bonchev–Trinajstić information content (AvgIpc) is 3.05. The highest BCUT2D eigenvalue weighted by atomic mass is 32.2. The molecule has 2 saturated carbocycles. The summed E-state index contributed by atoms with van der Waals surface area (Å²) < 4.78 is 44.5. The second-order valence-corrected chi connectivity index (χ2v) is 8.97. The Balaban J connectivity index is 1.44. The molecule has 0 aromatic carbocycles. The SMILES string of the molecule is C=C(C)C(=O)OCCOC(=O)COC1C2OS(=O)(=O)C3CC1(C)CC23. The first-order chi connectivity index (χ1) is 11.6. The van der Waals surface area contributed by atoms with E-state index in [1.165, 1.54) is 6.92 Å². The number of hydrogen-bond acceptors (Lipinski definition) is 8. The number of carbonyl (C=O) groups excluding carboxylic acids is 2. The Hall–Kier alpha value is -1.45. The van der Waals surface area contributed by atoms with Gasteiger partial charge in [-0.05, 0) is 25.2 Å². The van der Waals surface area contributed by atoms with Crippen molar-refractivity contribution in [2.75, 3.05) is 19.8 Å².